The fourth-order valence-electron chi connectivity index (χ4n) is 1.94. The Morgan fingerprint density at radius 1 is 1.20 bits per heavy atom. The Morgan fingerprint density at radius 2 is 1.85 bits per heavy atom. The van der Waals surface area contributed by atoms with Gasteiger partial charge in [0, 0.05) is 5.56 Å². The highest BCUT2D eigenvalue weighted by atomic mass is 16.7. The van der Waals surface area contributed by atoms with Crippen LogP contribution in [0.1, 0.15) is 39.7 Å². The maximum atomic E-state index is 10.3. The average molecular weight is 270 g/mol. The molecule has 0 atom stereocenters. The van der Waals surface area contributed by atoms with Crippen LogP contribution in [-0.4, -0.2) is 24.6 Å². The van der Waals surface area contributed by atoms with Gasteiger partial charge >= 0.3 is 7.12 Å². The van der Waals surface area contributed by atoms with Gasteiger partial charge in [-0.3, -0.25) is 0 Å². The van der Waals surface area contributed by atoms with Crippen molar-refractivity contribution in [2.75, 3.05) is 0 Å². The van der Waals surface area contributed by atoms with Crippen molar-refractivity contribution in [2.45, 2.75) is 45.3 Å². The lowest BCUT2D eigenvalue weighted by atomic mass is 9.78. The number of rotatable bonds is 2. The molecule has 0 unspecified atom stereocenters. The third-order valence-electron chi connectivity index (χ3n) is 3.83. The highest BCUT2D eigenvalue weighted by Gasteiger charge is 2.51. The van der Waals surface area contributed by atoms with E-state index in [1.54, 1.807) is 0 Å². The Hall–Kier alpha value is -1.57. The number of carbonyl (C=O) groups excluding carboxylic acids is 1. The third-order valence-corrected chi connectivity index (χ3v) is 3.83. The molecule has 1 saturated heterocycles. The van der Waals surface area contributed by atoms with Crippen molar-refractivity contribution in [2.24, 2.45) is 0 Å². The van der Waals surface area contributed by atoms with Crippen LogP contribution in [0.4, 0.5) is 0 Å². The van der Waals surface area contributed by atoms with Crippen molar-refractivity contribution in [3.63, 3.8) is 0 Å². The Balaban J connectivity index is 2.21. The summed E-state index contributed by atoms with van der Waals surface area (Å²) >= 11 is 0. The zero-order valence-corrected chi connectivity index (χ0v) is 12.4. The maximum absolute atomic E-state index is 10.3. The van der Waals surface area contributed by atoms with Gasteiger partial charge in [-0.25, -0.2) is 0 Å². The summed E-state index contributed by atoms with van der Waals surface area (Å²) in [5.41, 5.74) is 1.11. The Morgan fingerprint density at radius 3 is 2.45 bits per heavy atom. The van der Waals surface area contributed by atoms with Crippen LogP contribution >= 0.6 is 0 Å². The molecule has 0 N–H and O–H groups in total. The fourth-order valence-corrected chi connectivity index (χ4v) is 1.94. The van der Waals surface area contributed by atoms with Gasteiger partial charge in [-0.15, -0.1) is 0 Å². The van der Waals surface area contributed by atoms with Crippen molar-refractivity contribution < 1.29 is 14.1 Å². The molecular formula is C16H19BO3. The van der Waals surface area contributed by atoms with E-state index in [9.17, 15) is 4.79 Å². The highest BCUT2D eigenvalue weighted by Crippen LogP contribution is 2.36. The monoisotopic (exact) mass is 270 g/mol. The third kappa shape index (κ3) is 2.95. The van der Waals surface area contributed by atoms with Gasteiger partial charge in [-0.2, -0.15) is 0 Å². The first-order chi connectivity index (χ1) is 9.36. The van der Waals surface area contributed by atoms with E-state index in [4.69, 9.17) is 9.31 Å². The number of aldehydes is 1. The molecule has 20 heavy (non-hydrogen) atoms. The van der Waals surface area contributed by atoms with Gasteiger partial charge in [0.2, 0.25) is 0 Å². The minimum absolute atomic E-state index is 0.251. The van der Waals surface area contributed by atoms with Gasteiger partial charge in [-0.05, 0) is 45.3 Å². The van der Waals surface area contributed by atoms with Gasteiger partial charge in [0.1, 0.15) is 6.29 Å². The second-order valence-electron chi connectivity index (χ2n) is 5.89. The molecule has 0 amide bonds. The minimum atomic E-state index is -0.382. The smallest absolute Gasteiger partial charge is 0.399 e. The maximum Gasteiger partial charge on any atom is 0.494 e. The fraction of sp³-hybridized carbons (Fsp3) is 0.438. The summed E-state index contributed by atoms with van der Waals surface area (Å²) in [4.78, 5) is 10.3. The van der Waals surface area contributed by atoms with Crippen LogP contribution in [0.25, 0.3) is 0 Å². The molecule has 4 heteroatoms. The van der Waals surface area contributed by atoms with E-state index in [2.05, 4.69) is 11.8 Å². The molecule has 0 spiro atoms. The van der Waals surface area contributed by atoms with E-state index < -0.39 is 0 Å². The quantitative estimate of drug-likeness (QED) is 0.468. The van der Waals surface area contributed by atoms with E-state index in [1.165, 1.54) is 0 Å². The second kappa shape index (κ2) is 5.44. The summed E-state index contributed by atoms with van der Waals surface area (Å²) in [6, 6.07) is 7.74. The zero-order valence-electron chi connectivity index (χ0n) is 12.4. The van der Waals surface area contributed by atoms with Gasteiger partial charge in [0.05, 0.1) is 17.6 Å². The van der Waals surface area contributed by atoms with Crippen LogP contribution < -0.4 is 5.46 Å². The summed E-state index contributed by atoms with van der Waals surface area (Å²) in [5.74, 6) is 5.76. The molecule has 104 valence electrons. The number of benzene rings is 1. The van der Waals surface area contributed by atoms with Gasteiger partial charge < -0.3 is 14.1 Å². The van der Waals surface area contributed by atoms with E-state index in [-0.39, 0.29) is 24.7 Å². The molecule has 0 bridgehead atoms. The van der Waals surface area contributed by atoms with Crippen LogP contribution in [0.3, 0.4) is 0 Å². The Labute approximate surface area is 120 Å². The molecule has 0 aromatic heterocycles. The lowest BCUT2D eigenvalue weighted by Gasteiger charge is -2.32. The van der Waals surface area contributed by atoms with Crippen LogP contribution in [0, 0.1) is 11.8 Å². The zero-order chi connectivity index (χ0) is 14.8. The second-order valence-corrected chi connectivity index (χ2v) is 5.89. The van der Waals surface area contributed by atoms with E-state index in [0.29, 0.717) is 0 Å². The average Bonchev–Trinajstić information content (AvgIpc) is 2.59. The molecule has 0 aliphatic carbocycles. The van der Waals surface area contributed by atoms with Crippen LogP contribution in [0.2, 0.25) is 0 Å². The molecule has 1 aliphatic heterocycles. The van der Waals surface area contributed by atoms with Crippen LogP contribution in [0.15, 0.2) is 24.3 Å². The topological polar surface area (TPSA) is 35.5 Å². The molecule has 1 fully saturated rings. The Kier molecular flexibility index (Phi) is 4.03. The van der Waals surface area contributed by atoms with Crippen molar-refractivity contribution in [1.82, 2.24) is 0 Å². The minimum Gasteiger partial charge on any atom is -0.399 e. The van der Waals surface area contributed by atoms with Crippen LogP contribution in [0.5, 0.6) is 0 Å². The molecule has 0 saturated carbocycles. The van der Waals surface area contributed by atoms with E-state index in [1.807, 2.05) is 52.0 Å². The van der Waals surface area contributed by atoms with Crippen molar-refractivity contribution in [1.29, 1.82) is 0 Å². The highest BCUT2D eigenvalue weighted by molar-refractivity contribution is 6.62. The molecule has 1 aromatic rings. The number of hydrogen-bond donors (Lipinski definition) is 0. The standard InChI is InChI=1S/C16H19BO3/c1-15(2)16(3,4)20-17(19-15)14-10-7-9-13(12-14)8-5-6-11-18/h7,9-12H,6H2,1-4H3. The molecule has 0 radical (unpaired) electrons. The molecule has 1 heterocycles. The normalized spacial score (nSPS) is 19.3. The van der Waals surface area contributed by atoms with E-state index in [0.717, 1.165) is 17.3 Å². The summed E-state index contributed by atoms with van der Waals surface area (Å²) in [5, 5.41) is 0. The van der Waals surface area contributed by atoms with Gasteiger partial charge in [-0.1, -0.05) is 24.0 Å². The predicted molar refractivity (Wildman–Crippen MR) is 79.7 cm³/mol. The largest absolute Gasteiger partial charge is 0.494 e. The SMILES string of the molecule is CC1(C)OB(c2cccc(C#CCC=O)c2)OC1(C)C. The van der Waals surface area contributed by atoms with Gasteiger partial charge in [0.15, 0.2) is 0 Å². The summed E-state index contributed by atoms with van der Waals surface area (Å²) in [7, 11) is -0.382. The number of hydrogen-bond acceptors (Lipinski definition) is 3. The first-order valence-electron chi connectivity index (χ1n) is 6.74. The van der Waals surface area contributed by atoms with Gasteiger partial charge in [0.25, 0.3) is 0 Å². The number of carbonyl (C=O) groups is 1. The van der Waals surface area contributed by atoms with Crippen molar-refractivity contribution >= 4 is 18.9 Å². The summed E-state index contributed by atoms with van der Waals surface area (Å²) in [6.45, 7) is 8.11. The van der Waals surface area contributed by atoms with Crippen molar-refractivity contribution in [3.8, 4) is 11.8 Å². The van der Waals surface area contributed by atoms with Crippen molar-refractivity contribution in [3.05, 3.63) is 29.8 Å². The Bertz CT molecular complexity index is 551. The molecule has 1 aromatic carbocycles. The van der Waals surface area contributed by atoms with E-state index >= 15 is 0 Å². The van der Waals surface area contributed by atoms with Crippen LogP contribution in [-0.2, 0) is 14.1 Å². The predicted octanol–water partition coefficient (Wildman–Crippen LogP) is 1.93. The lowest BCUT2D eigenvalue weighted by molar-refractivity contribution is -0.107. The molecule has 2 rings (SSSR count). The first kappa shape index (κ1) is 14.8. The first-order valence-corrected chi connectivity index (χ1v) is 6.74. The molecular weight excluding hydrogens is 251 g/mol. The molecule has 1 aliphatic rings. The summed E-state index contributed by atoms with van der Waals surface area (Å²) < 4.78 is 12.0. The summed E-state index contributed by atoms with van der Waals surface area (Å²) in [6.07, 6.45) is 1.05. The molecule has 3 nitrogen and oxygen atoms in total. The lowest BCUT2D eigenvalue weighted by Crippen LogP contribution is -2.41.